The summed E-state index contributed by atoms with van der Waals surface area (Å²) in [7, 11) is 0. The minimum Gasteiger partial charge on any atom is -0.336 e. The third-order valence-electron chi connectivity index (χ3n) is 3.25. The van der Waals surface area contributed by atoms with Crippen LogP contribution < -0.4 is 10.6 Å². The number of aromatic nitrogens is 2. The maximum absolute atomic E-state index is 12.0. The molecule has 3 rings (SSSR count). The second kappa shape index (κ2) is 5.99. The van der Waals surface area contributed by atoms with Crippen LogP contribution in [-0.2, 0) is 4.79 Å². The standard InChI is InChI=1S/C13H13BrN4OS/c14-9-5-3-8(4-6-9)12-17-18-13(20-12)16-11(19)10-2-1-7-15-10/h3-6,10,15H,1-2,7H2,(H,16,18,19)/p+1/t10-/m0/s1. The van der Waals surface area contributed by atoms with Gasteiger partial charge in [0.05, 0.1) is 6.54 Å². The number of hydrogen-bond acceptors (Lipinski definition) is 4. The predicted octanol–water partition coefficient (Wildman–Crippen LogP) is 1.63. The molecule has 0 unspecified atom stereocenters. The van der Waals surface area contributed by atoms with Crippen LogP contribution in [0, 0.1) is 0 Å². The Kier molecular flexibility index (Phi) is 4.09. The monoisotopic (exact) mass is 353 g/mol. The molecule has 104 valence electrons. The first-order valence-electron chi connectivity index (χ1n) is 6.46. The smallest absolute Gasteiger partial charge is 0.284 e. The van der Waals surface area contributed by atoms with Gasteiger partial charge in [-0.1, -0.05) is 39.4 Å². The topological polar surface area (TPSA) is 71.5 Å². The molecular formula is C13H14BrN4OS+. The van der Waals surface area contributed by atoms with Gasteiger partial charge in [0.25, 0.3) is 5.91 Å². The molecule has 1 amide bonds. The third-order valence-corrected chi connectivity index (χ3v) is 4.67. The molecule has 0 saturated carbocycles. The van der Waals surface area contributed by atoms with E-state index >= 15 is 0 Å². The summed E-state index contributed by atoms with van der Waals surface area (Å²) in [4.78, 5) is 12.0. The fourth-order valence-corrected chi connectivity index (χ4v) is 3.21. The first-order chi connectivity index (χ1) is 9.72. The summed E-state index contributed by atoms with van der Waals surface area (Å²) >= 11 is 4.80. The maximum Gasteiger partial charge on any atom is 0.284 e. The fraction of sp³-hybridized carbons (Fsp3) is 0.308. The third kappa shape index (κ3) is 3.05. The number of benzene rings is 1. The van der Waals surface area contributed by atoms with Gasteiger partial charge in [0.1, 0.15) is 5.01 Å². The molecule has 1 aromatic heterocycles. The second-order valence-electron chi connectivity index (χ2n) is 4.68. The van der Waals surface area contributed by atoms with Crippen LogP contribution in [0.4, 0.5) is 5.13 Å². The average Bonchev–Trinajstić information content (AvgIpc) is 3.10. The Labute approximate surface area is 128 Å². The van der Waals surface area contributed by atoms with Crippen molar-refractivity contribution in [2.45, 2.75) is 18.9 Å². The van der Waals surface area contributed by atoms with Gasteiger partial charge in [-0.05, 0) is 12.1 Å². The molecule has 20 heavy (non-hydrogen) atoms. The van der Waals surface area contributed by atoms with Crippen LogP contribution in [0.3, 0.4) is 0 Å². The Hall–Kier alpha value is -1.31. The average molecular weight is 354 g/mol. The van der Waals surface area contributed by atoms with Crippen molar-refractivity contribution < 1.29 is 10.1 Å². The van der Waals surface area contributed by atoms with E-state index < -0.39 is 0 Å². The zero-order valence-electron chi connectivity index (χ0n) is 10.7. The lowest BCUT2D eigenvalue weighted by atomic mass is 10.2. The van der Waals surface area contributed by atoms with E-state index in [1.165, 1.54) is 11.3 Å². The van der Waals surface area contributed by atoms with E-state index in [1.54, 1.807) is 0 Å². The number of amides is 1. The van der Waals surface area contributed by atoms with Crippen molar-refractivity contribution in [1.82, 2.24) is 10.2 Å². The summed E-state index contributed by atoms with van der Waals surface area (Å²) in [5.74, 6) is 0.0287. The molecule has 1 aliphatic rings. The number of nitrogens with zero attached hydrogens (tertiary/aromatic N) is 2. The highest BCUT2D eigenvalue weighted by atomic mass is 79.9. The normalized spacial score (nSPS) is 18.1. The van der Waals surface area contributed by atoms with Crippen molar-refractivity contribution in [3.63, 3.8) is 0 Å². The lowest BCUT2D eigenvalue weighted by Crippen LogP contribution is -2.88. The Balaban J connectivity index is 1.70. The molecule has 0 bridgehead atoms. The van der Waals surface area contributed by atoms with E-state index in [2.05, 4.69) is 36.8 Å². The number of rotatable bonds is 3. The highest BCUT2D eigenvalue weighted by Gasteiger charge is 2.26. The van der Waals surface area contributed by atoms with Crippen LogP contribution in [0.15, 0.2) is 28.7 Å². The van der Waals surface area contributed by atoms with E-state index in [4.69, 9.17) is 0 Å². The van der Waals surface area contributed by atoms with E-state index in [0.717, 1.165) is 34.4 Å². The van der Waals surface area contributed by atoms with Crippen LogP contribution in [0.2, 0.25) is 0 Å². The van der Waals surface area contributed by atoms with Crippen LogP contribution in [0.5, 0.6) is 0 Å². The highest BCUT2D eigenvalue weighted by molar-refractivity contribution is 9.10. The summed E-state index contributed by atoms with van der Waals surface area (Å²) in [6, 6.07) is 7.89. The van der Waals surface area contributed by atoms with Crippen molar-refractivity contribution in [3.8, 4) is 10.6 Å². The Morgan fingerprint density at radius 2 is 2.15 bits per heavy atom. The molecule has 0 spiro atoms. The van der Waals surface area contributed by atoms with Gasteiger partial charge >= 0.3 is 0 Å². The lowest BCUT2D eigenvalue weighted by molar-refractivity contribution is -0.656. The molecule has 2 aromatic rings. The molecule has 1 aromatic carbocycles. The number of carbonyl (C=O) groups excluding carboxylic acids is 1. The molecule has 2 heterocycles. The van der Waals surface area contributed by atoms with Crippen molar-refractivity contribution in [2.75, 3.05) is 11.9 Å². The number of hydrogen-bond donors (Lipinski definition) is 2. The minimum absolute atomic E-state index is 0.0232. The van der Waals surface area contributed by atoms with Gasteiger partial charge in [-0.15, -0.1) is 10.2 Å². The molecule has 3 N–H and O–H groups in total. The molecule has 1 aliphatic heterocycles. The molecule has 1 fully saturated rings. The van der Waals surface area contributed by atoms with E-state index in [1.807, 2.05) is 24.3 Å². The van der Waals surface area contributed by atoms with E-state index in [0.29, 0.717) is 5.13 Å². The molecule has 0 aliphatic carbocycles. The number of nitrogens with one attached hydrogen (secondary N) is 1. The van der Waals surface area contributed by atoms with Gasteiger partial charge in [0, 0.05) is 22.9 Å². The second-order valence-corrected chi connectivity index (χ2v) is 6.57. The number of nitrogens with two attached hydrogens (primary N) is 1. The van der Waals surface area contributed by atoms with Gasteiger partial charge < -0.3 is 5.32 Å². The van der Waals surface area contributed by atoms with Gasteiger partial charge in [0.2, 0.25) is 5.13 Å². The van der Waals surface area contributed by atoms with E-state index in [-0.39, 0.29) is 11.9 Å². The Morgan fingerprint density at radius 1 is 1.35 bits per heavy atom. The van der Waals surface area contributed by atoms with Gasteiger partial charge in [0.15, 0.2) is 6.04 Å². The van der Waals surface area contributed by atoms with Gasteiger partial charge in [-0.2, -0.15) is 0 Å². The van der Waals surface area contributed by atoms with Crippen molar-refractivity contribution in [3.05, 3.63) is 28.7 Å². The number of quaternary nitrogens is 1. The zero-order valence-corrected chi connectivity index (χ0v) is 13.1. The molecule has 1 saturated heterocycles. The van der Waals surface area contributed by atoms with Crippen LogP contribution in [0.1, 0.15) is 12.8 Å². The van der Waals surface area contributed by atoms with Crippen LogP contribution >= 0.6 is 27.3 Å². The molecule has 7 heteroatoms. The lowest BCUT2D eigenvalue weighted by Gasteiger charge is -2.04. The molecule has 1 atom stereocenters. The SMILES string of the molecule is O=C(Nc1nnc(-c2ccc(Br)cc2)s1)[C@@H]1CCC[NH2+]1. The summed E-state index contributed by atoms with van der Waals surface area (Å²) in [6.07, 6.45) is 2.03. The predicted molar refractivity (Wildman–Crippen MR) is 81.5 cm³/mol. The molecule has 5 nitrogen and oxygen atoms in total. The van der Waals surface area contributed by atoms with Gasteiger partial charge in [-0.25, -0.2) is 0 Å². The van der Waals surface area contributed by atoms with Crippen LogP contribution in [0.25, 0.3) is 10.6 Å². The van der Waals surface area contributed by atoms with Crippen LogP contribution in [-0.4, -0.2) is 28.7 Å². The fourth-order valence-electron chi connectivity index (χ4n) is 2.19. The summed E-state index contributed by atoms with van der Waals surface area (Å²) in [5, 5.41) is 14.5. The largest absolute Gasteiger partial charge is 0.336 e. The molecule has 0 radical (unpaired) electrons. The van der Waals surface area contributed by atoms with E-state index in [9.17, 15) is 4.79 Å². The first-order valence-corrected chi connectivity index (χ1v) is 8.07. The highest BCUT2D eigenvalue weighted by Crippen LogP contribution is 2.27. The van der Waals surface area contributed by atoms with Gasteiger partial charge in [-0.3, -0.25) is 10.1 Å². The van der Waals surface area contributed by atoms with Crippen molar-refractivity contribution in [1.29, 1.82) is 0 Å². The van der Waals surface area contributed by atoms with Crippen molar-refractivity contribution >= 4 is 38.3 Å². The quantitative estimate of drug-likeness (QED) is 0.880. The van der Waals surface area contributed by atoms with Crippen molar-refractivity contribution in [2.24, 2.45) is 0 Å². The maximum atomic E-state index is 12.0. The number of halogens is 1. The Morgan fingerprint density at radius 3 is 2.85 bits per heavy atom. The summed E-state index contributed by atoms with van der Waals surface area (Å²) in [6.45, 7) is 1.03. The minimum atomic E-state index is 0.0232. The molecular weight excluding hydrogens is 340 g/mol. The zero-order chi connectivity index (χ0) is 13.9. The number of anilines is 1. The summed E-state index contributed by atoms with van der Waals surface area (Å²) < 4.78 is 1.02. The number of carbonyl (C=O) groups is 1. The first kappa shape index (κ1) is 13.7. The summed E-state index contributed by atoms with van der Waals surface area (Å²) in [5.41, 5.74) is 0.999. The Bertz CT molecular complexity index is 607.